The number of esters is 4. The zero-order valence-corrected chi connectivity index (χ0v) is 60.6. The minimum atomic E-state index is -4.95. The third kappa shape index (κ3) is 64.8. The lowest BCUT2D eigenvalue weighted by Gasteiger charge is -2.21. The summed E-state index contributed by atoms with van der Waals surface area (Å²) in [4.78, 5) is 72.6. The largest absolute Gasteiger partial charge is 0.472 e. The van der Waals surface area contributed by atoms with Crippen molar-refractivity contribution in [3.63, 3.8) is 0 Å². The van der Waals surface area contributed by atoms with E-state index in [1.165, 1.54) is 148 Å². The fourth-order valence-electron chi connectivity index (χ4n) is 10.7. The second kappa shape index (κ2) is 60.7. The molecule has 0 aromatic carbocycles. The Morgan fingerprint density at radius 1 is 0.278 bits per heavy atom. The average molecular weight is 1330 g/mol. The molecule has 0 aliphatic heterocycles. The van der Waals surface area contributed by atoms with E-state index in [0.29, 0.717) is 31.6 Å². The predicted octanol–water partition coefficient (Wildman–Crippen LogP) is 20.1. The van der Waals surface area contributed by atoms with Gasteiger partial charge in [-0.3, -0.25) is 37.3 Å². The summed E-state index contributed by atoms with van der Waals surface area (Å²) in [5.74, 6) is 0.842. The van der Waals surface area contributed by atoms with Crippen molar-refractivity contribution in [2.75, 3.05) is 39.6 Å². The molecule has 0 aliphatic rings. The molecule has 19 heteroatoms. The molecule has 3 N–H and O–H groups in total. The van der Waals surface area contributed by atoms with E-state index < -0.39 is 97.5 Å². The van der Waals surface area contributed by atoms with Gasteiger partial charge in [-0.05, 0) is 49.4 Å². The van der Waals surface area contributed by atoms with E-state index in [1.807, 2.05) is 0 Å². The van der Waals surface area contributed by atoms with Gasteiger partial charge in [-0.2, -0.15) is 0 Å². The zero-order valence-electron chi connectivity index (χ0n) is 58.8. The standard InChI is InChI=1S/C71H138O17P2/c1-61(2)47-39-31-23-16-12-9-10-14-19-28-37-45-53-70(75)87-66(57-81-68(73)51-43-35-27-18-15-11-13-17-24-32-40-48-62(3)4)59-85-89(77,78)83-55-65(72)56-84-90(79,80)86-60-67(58-82-69(74)52-44-36-30-22-26-34-42-50-64(7)8)88-71(76)54-46-38-29-21-20-25-33-41-49-63(5)6/h61-67,72H,9-60H2,1-8H3,(H,77,78)(H,79,80)/t65?,66-,67-/m1/s1. The van der Waals surface area contributed by atoms with Gasteiger partial charge in [0, 0.05) is 25.7 Å². The van der Waals surface area contributed by atoms with Gasteiger partial charge < -0.3 is 33.8 Å². The van der Waals surface area contributed by atoms with E-state index in [1.54, 1.807) is 0 Å². The number of aliphatic hydroxyl groups is 1. The SMILES string of the molecule is CC(C)CCCCCCCCCCCCCCC(=O)O[C@H](COC(=O)CCCCCCCCCCCCCC(C)C)COP(=O)(O)OCC(O)COP(=O)(O)OC[C@@H](COC(=O)CCCCCCCCCC(C)C)OC(=O)CCCCCCCCCCC(C)C. The average Bonchev–Trinajstić information content (AvgIpc) is 3.62. The smallest absolute Gasteiger partial charge is 0.462 e. The molecule has 5 atom stereocenters. The zero-order chi connectivity index (χ0) is 66.8. The van der Waals surface area contributed by atoms with Crippen molar-refractivity contribution in [2.45, 2.75) is 369 Å². The minimum Gasteiger partial charge on any atom is -0.462 e. The van der Waals surface area contributed by atoms with E-state index in [9.17, 15) is 43.2 Å². The van der Waals surface area contributed by atoms with E-state index in [0.717, 1.165) is 114 Å². The van der Waals surface area contributed by atoms with Gasteiger partial charge in [0.15, 0.2) is 12.2 Å². The summed E-state index contributed by atoms with van der Waals surface area (Å²) < 4.78 is 68.3. The van der Waals surface area contributed by atoms with E-state index in [4.69, 9.17) is 37.0 Å². The highest BCUT2D eigenvalue weighted by Crippen LogP contribution is 2.45. The lowest BCUT2D eigenvalue weighted by Crippen LogP contribution is -2.30. The summed E-state index contributed by atoms with van der Waals surface area (Å²) in [5.41, 5.74) is 0. The van der Waals surface area contributed by atoms with Gasteiger partial charge in [0.2, 0.25) is 0 Å². The number of rotatable bonds is 68. The maximum absolute atomic E-state index is 13.0. The molecule has 0 aromatic rings. The van der Waals surface area contributed by atoms with E-state index in [-0.39, 0.29) is 25.7 Å². The summed E-state index contributed by atoms with van der Waals surface area (Å²) in [5, 5.41) is 10.6. The number of hydrogen-bond acceptors (Lipinski definition) is 15. The van der Waals surface area contributed by atoms with Gasteiger partial charge >= 0.3 is 39.5 Å². The maximum Gasteiger partial charge on any atom is 0.472 e. The lowest BCUT2D eigenvalue weighted by molar-refractivity contribution is -0.161. The Balaban J connectivity index is 5.26. The molecule has 17 nitrogen and oxygen atoms in total. The van der Waals surface area contributed by atoms with Crippen molar-refractivity contribution < 1.29 is 80.2 Å². The first-order valence-corrected chi connectivity index (χ1v) is 39.7. The molecule has 0 heterocycles. The van der Waals surface area contributed by atoms with Crippen molar-refractivity contribution in [1.82, 2.24) is 0 Å². The van der Waals surface area contributed by atoms with Crippen LogP contribution >= 0.6 is 15.6 Å². The Kier molecular flexibility index (Phi) is 59.4. The first-order valence-electron chi connectivity index (χ1n) is 36.7. The highest BCUT2D eigenvalue weighted by atomic mass is 31.2. The topological polar surface area (TPSA) is 237 Å². The number of carbonyl (C=O) groups is 4. The number of hydrogen-bond donors (Lipinski definition) is 3. The molecule has 0 saturated heterocycles. The van der Waals surface area contributed by atoms with Crippen molar-refractivity contribution >= 4 is 39.5 Å². The molecule has 0 bridgehead atoms. The Morgan fingerprint density at radius 2 is 0.467 bits per heavy atom. The molecule has 0 aliphatic carbocycles. The quantitative estimate of drug-likeness (QED) is 0.0222. The Labute approximate surface area is 549 Å². The minimum absolute atomic E-state index is 0.103. The van der Waals surface area contributed by atoms with Crippen LogP contribution in [0.15, 0.2) is 0 Å². The second-order valence-electron chi connectivity index (χ2n) is 27.5. The molecule has 0 fully saturated rings. The first kappa shape index (κ1) is 88.1. The molecule has 0 spiro atoms. The summed E-state index contributed by atoms with van der Waals surface area (Å²) in [6.07, 6.45) is 43.1. The highest BCUT2D eigenvalue weighted by Gasteiger charge is 2.30. The van der Waals surface area contributed by atoms with Crippen LogP contribution in [0.3, 0.4) is 0 Å². The third-order valence-electron chi connectivity index (χ3n) is 16.3. The fraction of sp³-hybridized carbons (Fsp3) is 0.944. The molecular weight excluding hydrogens is 1190 g/mol. The monoisotopic (exact) mass is 1320 g/mol. The number of phosphoric ester groups is 2. The van der Waals surface area contributed by atoms with E-state index >= 15 is 0 Å². The van der Waals surface area contributed by atoms with Crippen molar-refractivity contribution in [3.05, 3.63) is 0 Å². The molecule has 534 valence electrons. The van der Waals surface area contributed by atoms with Crippen LogP contribution in [-0.2, 0) is 65.4 Å². The Hall–Kier alpha value is -1.94. The van der Waals surface area contributed by atoms with Gasteiger partial charge in [-0.25, -0.2) is 9.13 Å². The highest BCUT2D eigenvalue weighted by molar-refractivity contribution is 7.47. The molecule has 0 amide bonds. The number of ether oxygens (including phenoxy) is 4. The van der Waals surface area contributed by atoms with Crippen molar-refractivity contribution in [3.8, 4) is 0 Å². The van der Waals surface area contributed by atoms with Crippen molar-refractivity contribution in [2.24, 2.45) is 23.7 Å². The lowest BCUT2D eigenvalue weighted by atomic mass is 10.0. The van der Waals surface area contributed by atoms with Crippen LogP contribution in [0.1, 0.15) is 351 Å². The molecule has 0 aromatic heterocycles. The fourth-order valence-corrected chi connectivity index (χ4v) is 12.2. The van der Waals surface area contributed by atoms with E-state index in [2.05, 4.69) is 55.4 Å². The van der Waals surface area contributed by atoms with Crippen LogP contribution < -0.4 is 0 Å². The van der Waals surface area contributed by atoms with Crippen LogP contribution in [0.25, 0.3) is 0 Å². The molecule has 0 saturated carbocycles. The van der Waals surface area contributed by atoms with Gasteiger partial charge in [0.05, 0.1) is 26.4 Å². The third-order valence-corrected chi connectivity index (χ3v) is 18.2. The summed E-state index contributed by atoms with van der Waals surface area (Å²) in [7, 11) is -9.90. The molecule has 0 radical (unpaired) electrons. The van der Waals surface area contributed by atoms with Crippen LogP contribution in [-0.4, -0.2) is 96.7 Å². The van der Waals surface area contributed by atoms with Gasteiger partial charge in [0.25, 0.3) is 0 Å². The number of unbranched alkanes of at least 4 members (excludes halogenated alkanes) is 34. The molecule has 90 heavy (non-hydrogen) atoms. The van der Waals surface area contributed by atoms with Crippen LogP contribution in [0.5, 0.6) is 0 Å². The number of aliphatic hydroxyl groups excluding tert-OH is 1. The number of carbonyl (C=O) groups excluding carboxylic acids is 4. The molecule has 3 unspecified atom stereocenters. The summed E-state index contributed by atoms with van der Waals surface area (Å²) in [6, 6.07) is 0. The van der Waals surface area contributed by atoms with Gasteiger partial charge in [-0.15, -0.1) is 0 Å². The maximum atomic E-state index is 13.0. The second-order valence-corrected chi connectivity index (χ2v) is 30.4. The predicted molar refractivity (Wildman–Crippen MR) is 363 cm³/mol. The molecular formula is C71H138O17P2. The Bertz CT molecular complexity index is 1780. The van der Waals surface area contributed by atoms with Gasteiger partial charge in [-0.1, -0.05) is 299 Å². The summed E-state index contributed by atoms with van der Waals surface area (Å²) >= 11 is 0. The van der Waals surface area contributed by atoms with Crippen LogP contribution in [0.4, 0.5) is 0 Å². The van der Waals surface area contributed by atoms with Crippen molar-refractivity contribution in [1.29, 1.82) is 0 Å². The first-order chi connectivity index (χ1) is 43.1. The normalized spacial score (nSPS) is 14.3. The molecule has 0 rings (SSSR count). The number of phosphoric acid groups is 2. The van der Waals surface area contributed by atoms with Crippen LogP contribution in [0, 0.1) is 23.7 Å². The van der Waals surface area contributed by atoms with Gasteiger partial charge in [0.1, 0.15) is 19.3 Å². The Morgan fingerprint density at radius 3 is 0.689 bits per heavy atom. The summed E-state index contributed by atoms with van der Waals surface area (Å²) in [6.45, 7) is 14.1. The van der Waals surface area contributed by atoms with Crippen LogP contribution in [0.2, 0.25) is 0 Å².